The fourth-order valence-corrected chi connectivity index (χ4v) is 3.73. The second-order valence-corrected chi connectivity index (χ2v) is 6.85. The zero-order valence-corrected chi connectivity index (χ0v) is 14.7. The van der Waals surface area contributed by atoms with E-state index in [1.807, 2.05) is 35.2 Å². The highest BCUT2D eigenvalue weighted by Gasteiger charge is 2.40. The van der Waals surface area contributed by atoms with Gasteiger partial charge in [-0.05, 0) is 42.5 Å². The van der Waals surface area contributed by atoms with Crippen LogP contribution in [0.2, 0.25) is 0 Å². The lowest BCUT2D eigenvalue weighted by molar-refractivity contribution is -0.144. The lowest BCUT2D eigenvalue weighted by Gasteiger charge is -2.40. The van der Waals surface area contributed by atoms with Gasteiger partial charge in [0.25, 0.3) is 0 Å². The van der Waals surface area contributed by atoms with Gasteiger partial charge in [-0.25, -0.2) is 4.39 Å². The number of benzene rings is 2. The van der Waals surface area contributed by atoms with Crippen LogP contribution < -0.4 is 0 Å². The van der Waals surface area contributed by atoms with Gasteiger partial charge < -0.3 is 5.11 Å². The first-order chi connectivity index (χ1) is 12.5. The summed E-state index contributed by atoms with van der Waals surface area (Å²) in [5, 5.41) is 19.5. The number of rotatable bonds is 4. The maximum atomic E-state index is 13.5. The molecule has 0 aliphatic carbocycles. The average Bonchev–Trinajstić information content (AvgIpc) is 2.66. The van der Waals surface area contributed by atoms with Gasteiger partial charge in [-0.3, -0.25) is 9.69 Å². The van der Waals surface area contributed by atoms with E-state index in [9.17, 15) is 19.6 Å². The average molecular weight is 352 g/mol. The predicted octanol–water partition coefficient (Wildman–Crippen LogP) is 3.82. The van der Waals surface area contributed by atoms with Crippen molar-refractivity contribution in [2.24, 2.45) is 0 Å². The number of hydrogen-bond donors (Lipinski definition) is 1. The molecule has 134 valence electrons. The third kappa shape index (κ3) is 3.33. The summed E-state index contributed by atoms with van der Waals surface area (Å²) in [6, 6.07) is 15.7. The number of carboxylic acid groups (broad SMARTS) is 1. The number of nitriles is 1. The van der Waals surface area contributed by atoms with Crippen LogP contribution in [0.4, 0.5) is 4.39 Å². The van der Waals surface area contributed by atoms with Gasteiger partial charge in [0, 0.05) is 13.1 Å². The smallest absolute Gasteiger partial charge is 0.325 e. The Balaban J connectivity index is 1.83. The third-order valence-electron chi connectivity index (χ3n) is 5.29. The van der Waals surface area contributed by atoms with Crippen molar-refractivity contribution in [3.05, 3.63) is 71.0 Å². The van der Waals surface area contributed by atoms with Gasteiger partial charge in [0.1, 0.15) is 11.9 Å². The SMILES string of the molecule is Cc1cc([C@@H](C(=O)O)N2CCC(C#N)(c3ccccc3)CC2)ccc1F. The molecular weight excluding hydrogens is 331 g/mol. The Morgan fingerprint density at radius 1 is 1.23 bits per heavy atom. The van der Waals surface area contributed by atoms with E-state index in [1.165, 1.54) is 12.1 Å². The van der Waals surface area contributed by atoms with E-state index in [-0.39, 0.29) is 5.82 Å². The van der Waals surface area contributed by atoms with Crippen LogP contribution in [0, 0.1) is 24.1 Å². The van der Waals surface area contributed by atoms with Crippen molar-refractivity contribution in [1.29, 1.82) is 5.26 Å². The van der Waals surface area contributed by atoms with E-state index < -0.39 is 17.4 Å². The first kappa shape index (κ1) is 18.1. The standard InChI is InChI=1S/C21H21FN2O2/c1-15-13-16(7-8-18(15)22)19(20(25)26)24-11-9-21(14-23,10-12-24)17-5-3-2-4-6-17/h2-8,13,19H,9-12H2,1H3,(H,25,26)/t19-/m0/s1. The summed E-state index contributed by atoms with van der Waals surface area (Å²) in [4.78, 5) is 13.8. The van der Waals surface area contributed by atoms with Crippen molar-refractivity contribution in [1.82, 2.24) is 4.90 Å². The fraction of sp³-hybridized carbons (Fsp3) is 0.333. The highest BCUT2D eigenvalue weighted by molar-refractivity contribution is 5.75. The van der Waals surface area contributed by atoms with E-state index in [1.54, 1.807) is 13.0 Å². The van der Waals surface area contributed by atoms with Crippen LogP contribution in [0.25, 0.3) is 0 Å². The molecule has 0 amide bonds. The summed E-state index contributed by atoms with van der Waals surface area (Å²) < 4.78 is 13.5. The number of carboxylic acids is 1. The number of nitrogens with zero attached hydrogens (tertiary/aromatic N) is 2. The quantitative estimate of drug-likeness (QED) is 0.909. The Labute approximate surface area is 152 Å². The van der Waals surface area contributed by atoms with Gasteiger partial charge in [0.05, 0.1) is 11.5 Å². The molecule has 4 nitrogen and oxygen atoms in total. The molecule has 1 atom stereocenters. The summed E-state index contributed by atoms with van der Waals surface area (Å²) in [5.74, 6) is -1.30. The van der Waals surface area contributed by atoms with E-state index >= 15 is 0 Å². The molecule has 3 rings (SSSR count). The molecule has 1 saturated heterocycles. The number of aryl methyl sites for hydroxylation is 1. The molecule has 0 spiro atoms. The summed E-state index contributed by atoms with van der Waals surface area (Å²) in [7, 11) is 0. The van der Waals surface area contributed by atoms with Crippen molar-refractivity contribution in [3.8, 4) is 6.07 Å². The van der Waals surface area contributed by atoms with Crippen LogP contribution in [0.15, 0.2) is 48.5 Å². The Morgan fingerprint density at radius 2 is 1.88 bits per heavy atom. The largest absolute Gasteiger partial charge is 0.480 e. The molecule has 1 N–H and O–H groups in total. The molecular formula is C21H21FN2O2. The summed E-state index contributed by atoms with van der Waals surface area (Å²) in [6.07, 6.45) is 1.13. The lowest BCUT2D eigenvalue weighted by atomic mass is 9.73. The highest BCUT2D eigenvalue weighted by Crippen LogP contribution is 2.37. The maximum Gasteiger partial charge on any atom is 0.325 e. The molecule has 1 aliphatic rings. The van der Waals surface area contributed by atoms with Gasteiger partial charge in [0.15, 0.2) is 0 Å². The van der Waals surface area contributed by atoms with Crippen molar-refractivity contribution in [2.45, 2.75) is 31.2 Å². The molecule has 2 aromatic carbocycles. The molecule has 1 aliphatic heterocycles. The number of hydrogen-bond acceptors (Lipinski definition) is 3. The minimum atomic E-state index is -0.958. The van der Waals surface area contributed by atoms with Crippen molar-refractivity contribution >= 4 is 5.97 Å². The second kappa shape index (κ2) is 7.27. The normalized spacial score (nSPS) is 18.0. The minimum absolute atomic E-state index is 0.343. The highest BCUT2D eigenvalue weighted by atomic mass is 19.1. The van der Waals surface area contributed by atoms with Crippen LogP contribution in [-0.2, 0) is 10.2 Å². The zero-order chi connectivity index (χ0) is 18.7. The third-order valence-corrected chi connectivity index (χ3v) is 5.29. The van der Waals surface area contributed by atoms with E-state index in [0.717, 1.165) is 5.56 Å². The maximum absolute atomic E-state index is 13.5. The van der Waals surface area contributed by atoms with E-state index in [4.69, 9.17) is 0 Å². The Morgan fingerprint density at radius 3 is 2.42 bits per heavy atom. The van der Waals surface area contributed by atoms with Crippen LogP contribution >= 0.6 is 0 Å². The van der Waals surface area contributed by atoms with Gasteiger partial charge in [-0.2, -0.15) is 5.26 Å². The van der Waals surface area contributed by atoms with Gasteiger partial charge >= 0.3 is 5.97 Å². The van der Waals surface area contributed by atoms with Gasteiger partial charge in [-0.15, -0.1) is 0 Å². The summed E-state index contributed by atoms with van der Waals surface area (Å²) in [5.41, 5.74) is 1.40. The molecule has 0 unspecified atom stereocenters. The number of carbonyl (C=O) groups is 1. The van der Waals surface area contributed by atoms with Gasteiger partial charge in [0.2, 0.25) is 0 Å². The van der Waals surface area contributed by atoms with Crippen LogP contribution in [0.5, 0.6) is 0 Å². The number of piperidine rings is 1. The Hall–Kier alpha value is -2.71. The molecule has 0 radical (unpaired) electrons. The topological polar surface area (TPSA) is 64.3 Å². The van der Waals surface area contributed by atoms with Crippen LogP contribution in [0.3, 0.4) is 0 Å². The number of likely N-dealkylation sites (tertiary alicyclic amines) is 1. The predicted molar refractivity (Wildman–Crippen MR) is 96.1 cm³/mol. The van der Waals surface area contributed by atoms with Crippen molar-refractivity contribution in [3.63, 3.8) is 0 Å². The van der Waals surface area contributed by atoms with Crippen molar-refractivity contribution < 1.29 is 14.3 Å². The molecule has 5 heteroatoms. The first-order valence-corrected chi connectivity index (χ1v) is 8.66. The van der Waals surface area contributed by atoms with Crippen LogP contribution in [0.1, 0.15) is 35.6 Å². The second-order valence-electron chi connectivity index (χ2n) is 6.85. The molecule has 1 heterocycles. The lowest BCUT2D eigenvalue weighted by Crippen LogP contribution is -2.45. The zero-order valence-electron chi connectivity index (χ0n) is 14.7. The van der Waals surface area contributed by atoms with E-state index in [0.29, 0.717) is 37.1 Å². The van der Waals surface area contributed by atoms with Gasteiger partial charge in [-0.1, -0.05) is 42.5 Å². The Bertz CT molecular complexity index is 837. The molecule has 0 aromatic heterocycles. The first-order valence-electron chi connectivity index (χ1n) is 8.66. The molecule has 0 bridgehead atoms. The number of halogens is 1. The molecule has 2 aromatic rings. The number of aliphatic carboxylic acids is 1. The monoisotopic (exact) mass is 352 g/mol. The fourth-order valence-electron chi connectivity index (χ4n) is 3.73. The molecule has 26 heavy (non-hydrogen) atoms. The van der Waals surface area contributed by atoms with Crippen molar-refractivity contribution in [2.75, 3.05) is 13.1 Å². The molecule has 1 fully saturated rings. The Kier molecular flexibility index (Phi) is 5.06. The van der Waals surface area contributed by atoms with E-state index in [2.05, 4.69) is 6.07 Å². The minimum Gasteiger partial charge on any atom is -0.480 e. The summed E-state index contributed by atoms with van der Waals surface area (Å²) >= 11 is 0. The summed E-state index contributed by atoms with van der Waals surface area (Å²) in [6.45, 7) is 2.62. The van der Waals surface area contributed by atoms with Crippen LogP contribution in [-0.4, -0.2) is 29.1 Å². The molecule has 0 saturated carbocycles.